The van der Waals surface area contributed by atoms with E-state index in [0.29, 0.717) is 12.5 Å². The predicted octanol–water partition coefficient (Wildman–Crippen LogP) is 2.42. The lowest BCUT2D eigenvalue weighted by Crippen LogP contribution is -2.32. The number of tetrazole rings is 1. The summed E-state index contributed by atoms with van der Waals surface area (Å²) in [6, 6.07) is 12.2. The highest BCUT2D eigenvalue weighted by Gasteiger charge is 2.18. The Morgan fingerprint density at radius 2 is 2.05 bits per heavy atom. The first kappa shape index (κ1) is 12.7. The molecule has 21 heavy (non-hydrogen) atoms. The predicted molar refractivity (Wildman–Crippen MR) is 81.7 cm³/mol. The van der Waals surface area contributed by atoms with Gasteiger partial charge in [-0.3, -0.25) is 4.90 Å². The molecule has 1 aliphatic heterocycles. The highest BCUT2D eigenvalue weighted by Crippen LogP contribution is 2.24. The molecule has 3 aromatic rings. The van der Waals surface area contributed by atoms with Crippen molar-refractivity contribution in [3.8, 4) is 11.4 Å². The fourth-order valence-electron chi connectivity index (χ4n) is 2.61. The third-order valence-electron chi connectivity index (χ3n) is 3.70. The fourth-order valence-corrected chi connectivity index (χ4v) is 3.50. The van der Waals surface area contributed by atoms with Crippen molar-refractivity contribution in [2.75, 3.05) is 6.54 Å². The van der Waals surface area contributed by atoms with Crippen LogP contribution in [0.2, 0.25) is 0 Å². The molecule has 0 unspecified atom stereocenters. The molecule has 0 saturated heterocycles. The molecule has 0 N–H and O–H groups in total. The number of hydrogen-bond acceptors (Lipinski definition) is 5. The smallest absolute Gasteiger partial charge is 0.204 e. The average molecular weight is 297 g/mol. The van der Waals surface area contributed by atoms with Crippen LogP contribution >= 0.6 is 11.3 Å². The first-order chi connectivity index (χ1) is 10.4. The van der Waals surface area contributed by atoms with E-state index in [4.69, 9.17) is 0 Å². The lowest BCUT2D eigenvalue weighted by atomic mass is 10.1. The van der Waals surface area contributed by atoms with E-state index in [9.17, 15) is 0 Å². The van der Waals surface area contributed by atoms with Crippen molar-refractivity contribution in [3.63, 3.8) is 0 Å². The highest BCUT2D eigenvalue weighted by molar-refractivity contribution is 7.10. The standard InChI is InChI=1S/C15H15N5S/c1-2-4-12(5-3-1)15-16-18-20(17-15)11-19-8-6-14-13(10-19)7-9-21-14/h1-5,7,9H,6,8,10-11H2. The van der Waals surface area contributed by atoms with Gasteiger partial charge in [0, 0.05) is 23.5 Å². The molecule has 0 bridgehead atoms. The largest absolute Gasteiger partial charge is 0.278 e. The normalized spacial score (nSPS) is 15.0. The maximum absolute atomic E-state index is 4.47. The van der Waals surface area contributed by atoms with E-state index >= 15 is 0 Å². The number of thiophene rings is 1. The summed E-state index contributed by atoms with van der Waals surface area (Å²) in [4.78, 5) is 5.55. The van der Waals surface area contributed by atoms with Crippen LogP contribution in [0.4, 0.5) is 0 Å². The van der Waals surface area contributed by atoms with Crippen molar-refractivity contribution in [1.29, 1.82) is 0 Å². The van der Waals surface area contributed by atoms with E-state index in [-0.39, 0.29) is 0 Å². The van der Waals surface area contributed by atoms with Crippen molar-refractivity contribution >= 4 is 11.3 Å². The van der Waals surface area contributed by atoms with Crippen molar-refractivity contribution in [2.24, 2.45) is 0 Å². The summed E-state index contributed by atoms with van der Waals surface area (Å²) in [5.41, 5.74) is 2.44. The van der Waals surface area contributed by atoms with Crippen molar-refractivity contribution < 1.29 is 0 Å². The molecular formula is C15H15N5S. The van der Waals surface area contributed by atoms with E-state index in [1.165, 1.54) is 10.4 Å². The summed E-state index contributed by atoms with van der Waals surface area (Å²) >= 11 is 1.86. The Morgan fingerprint density at radius 3 is 2.95 bits per heavy atom. The summed E-state index contributed by atoms with van der Waals surface area (Å²) in [6.07, 6.45) is 1.12. The van der Waals surface area contributed by atoms with Gasteiger partial charge in [0.15, 0.2) is 0 Å². The molecule has 0 atom stereocenters. The summed E-state index contributed by atoms with van der Waals surface area (Å²) < 4.78 is 0. The van der Waals surface area contributed by atoms with Gasteiger partial charge in [-0.15, -0.1) is 26.3 Å². The first-order valence-corrected chi connectivity index (χ1v) is 7.87. The van der Waals surface area contributed by atoms with Gasteiger partial charge in [-0.25, -0.2) is 0 Å². The minimum Gasteiger partial charge on any atom is -0.278 e. The zero-order chi connectivity index (χ0) is 14.1. The lowest BCUT2D eigenvalue weighted by molar-refractivity contribution is 0.177. The van der Waals surface area contributed by atoms with Crippen LogP contribution in [0.5, 0.6) is 0 Å². The maximum Gasteiger partial charge on any atom is 0.204 e. The van der Waals surface area contributed by atoms with E-state index in [1.54, 1.807) is 4.80 Å². The van der Waals surface area contributed by atoms with Gasteiger partial charge in [0.25, 0.3) is 0 Å². The Balaban J connectivity index is 1.48. The number of nitrogens with zero attached hydrogens (tertiary/aromatic N) is 5. The van der Waals surface area contributed by atoms with E-state index in [0.717, 1.165) is 25.1 Å². The average Bonchev–Trinajstić information content (AvgIpc) is 3.17. The van der Waals surface area contributed by atoms with Crippen LogP contribution < -0.4 is 0 Å². The molecule has 4 rings (SSSR count). The molecule has 0 radical (unpaired) electrons. The maximum atomic E-state index is 4.47. The molecule has 5 nitrogen and oxygen atoms in total. The SMILES string of the molecule is c1ccc(-c2nnn(CN3CCc4sccc4C3)n2)cc1. The fraction of sp³-hybridized carbons (Fsp3) is 0.267. The van der Waals surface area contributed by atoms with Crippen LogP contribution in [-0.4, -0.2) is 31.7 Å². The summed E-state index contributed by atoms with van der Waals surface area (Å²) in [5, 5.41) is 15.0. The third-order valence-corrected chi connectivity index (χ3v) is 4.72. The molecule has 0 fully saturated rings. The number of aromatic nitrogens is 4. The van der Waals surface area contributed by atoms with Gasteiger partial charge < -0.3 is 0 Å². The topological polar surface area (TPSA) is 46.8 Å². The summed E-state index contributed by atoms with van der Waals surface area (Å²) in [7, 11) is 0. The number of hydrogen-bond donors (Lipinski definition) is 0. The minimum absolute atomic E-state index is 0.684. The molecule has 1 aromatic carbocycles. The monoisotopic (exact) mass is 297 g/mol. The zero-order valence-electron chi connectivity index (χ0n) is 11.5. The van der Waals surface area contributed by atoms with E-state index in [1.807, 2.05) is 41.7 Å². The van der Waals surface area contributed by atoms with Gasteiger partial charge in [0.1, 0.15) is 6.67 Å². The second-order valence-electron chi connectivity index (χ2n) is 5.16. The van der Waals surface area contributed by atoms with Crippen molar-refractivity contribution in [2.45, 2.75) is 19.6 Å². The zero-order valence-corrected chi connectivity index (χ0v) is 12.3. The number of fused-ring (bicyclic) bond motifs is 1. The summed E-state index contributed by atoms with van der Waals surface area (Å²) in [6.45, 7) is 2.71. The van der Waals surface area contributed by atoms with E-state index < -0.39 is 0 Å². The van der Waals surface area contributed by atoms with Gasteiger partial charge in [-0.2, -0.15) is 0 Å². The van der Waals surface area contributed by atoms with Crippen molar-refractivity contribution in [1.82, 2.24) is 25.1 Å². The first-order valence-electron chi connectivity index (χ1n) is 6.99. The molecule has 3 heterocycles. The molecule has 0 saturated carbocycles. The van der Waals surface area contributed by atoms with Gasteiger partial charge in [-0.1, -0.05) is 30.3 Å². The molecule has 106 valence electrons. The highest BCUT2D eigenvalue weighted by atomic mass is 32.1. The molecule has 0 spiro atoms. The summed E-state index contributed by atoms with van der Waals surface area (Å²) in [5.74, 6) is 0.684. The second-order valence-corrected chi connectivity index (χ2v) is 6.17. The Labute approximate surface area is 126 Å². The molecule has 1 aliphatic rings. The molecule has 2 aromatic heterocycles. The Morgan fingerprint density at radius 1 is 1.14 bits per heavy atom. The van der Waals surface area contributed by atoms with Crippen LogP contribution in [-0.2, 0) is 19.6 Å². The molecule has 0 amide bonds. The lowest BCUT2D eigenvalue weighted by Gasteiger charge is -2.25. The van der Waals surface area contributed by atoms with Crippen LogP contribution in [0.1, 0.15) is 10.4 Å². The Kier molecular flexibility index (Phi) is 3.25. The quantitative estimate of drug-likeness (QED) is 0.745. The van der Waals surface area contributed by atoms with Crippen LogP contribution in [0.25, 0.3) is 11.4 Å². The Bertz CT molecular complexity index is 733. The minimum atomic E-state index is 0.684. The van der Waals surface area contributed by atoms with Crippen LogP contribution in [0.15, 0.2) is 41.8 Å². The molecular weight excluding hydrogens is 282 g/mol. The van der Waals surface area contributed by atoms with Gasteiger partial charge in [0.05, 0.1) is 0 Å². The Hall–Kier alpha value is -2.05. The molecule has 0 aliphatic carbocycles. The van der Waals surface area contributed by atoms with Crippen LogP contribution in [0, 0.1) is 0 Å². The number of rotatable bonds is 3. The number of benzene rings is 1. The van der Waals surface area contributed by atoms with Crippen molar-refractivity contribution in [3.05, 3.63) is 52.2 Å². The van der Waals surface area contributed by atoms with Crippen LogP contribution in [0.3, 0.4) is 0 Å². The molecule has 6 heteroatoms. The third kappa shape index (κ3) is 2.59. The van der Waals surface area contributed by atoms with E-state index in [2.05, 4.69) is 31.8 Å². The second kappa shape index (κ2) is 5.38. The van der Waals surface area contributed by atoms with Gasteiger partial charge >= 0.3 is 0 Å². The van der Waals surface area contributed by atoms with Gasteiger partial charge in [-0.05, 0) is 28.6 Å². The van der Waals surface area contributed by atoms with Gasteiger partial charge in [0.2, 0.25) is 5.82 Å².